The number of halogens is 2. The fraction of sp³-hybridized carbons (Fsp3) is 0.200. The van der Waals surface area contributed by atoms with E-state index in [4.69, 9.17) is 5.73 Å². The second kappa shape index (κ2) is 6.54. The molecule has 0 bridgehead atoms. The standard InChI is InChI=1S/C5H6N2OS.2ClH/c6-3-4(8)5-7-1-2-9-5;;/h1-2H,3,6H2;2*1H. The van der Waals surface area contributed by atoms with E-state index >= 15 is 0 Å². The molecule has 3 nitrogen and oxygen atoms in total. The molecule has 0 aliphatic carbocycles. The van der Waals surface area contributed by atoms with Gasteiger partial charge in [0.2, 0.25) is 5.78 Å². The Balaban J connectivity index is 0. The molecule has 1 aromatic rings. The van der Waals surface area contributed by atoms with Gasteiger partial charge in [-0.1, -0.05) is 0 Å². The van der Waals surface area contributed by atoms with Gasteiger partial charge in [-0.3, -0.25) is 4.79 Å². The van der Waals surface area contributed by atoms with E-state index in [2.05, 4.69) is 4.98 Å². The average Bonchev–Trinajstić information content (AvgIpc) is 2.37. The highest BCUT2D eigenvalue weighted by Crippen LogP contribution is 2.02. The normalized spacial score (nSPS) is 7.73. The second-order valence-corrected chi connectivity index (χ2v) is 2.36. The van der Waals surface area contributed by atoms with Crippen LogP contribution in [0.25, 0.3) is 0 Å². The molecule has 0 atom stereocenters. The highest BCUT2D eigenvalue weighted by atomic mass is 35.5. The van der Waals surface area contributed by atoms with Gasteiger partial charge in [0.25, 0.3) is 0 Å². The lowest BCUT2D eigenvalue weighted by Crippen LogP contribution is -2.12. The predicted octanol–water partition coefficient (Wildman–Crippen LogP) is 1.13. The van der Waals surface area contributed by atoms with E-state index in [0.717, 1.165) is 0 Å². The molecule has 0 unspecified atom stereocenters. The summed E-state index contributed by atoms with van der Waals surface area (Å²) in [6.07, 6.45) is 1.59. The average molecular weight is 215 g/mol. The lowest BCUT2D eigenvalue weighted by Gasteiger charge is -1.85. The number of carbonyl (C=O) groups excluding carboxylic acids is 1. The van der Waals surface area contributed by atoms with E-state index in [1.165, 1.54) is 11.3 Å². The summed E-state index contributed by atoms with van der Waals surface area (Å²) in [5.74, 6) is -0.0926. The van der Waals surface area contributed by atoms with Gasteiger partial charge in [-0.15, -0.1) is 36.2 Å². The van der Waals surface area contributed by atoms with Crippen LogP contribution in [-0.2, 0) is 0 Å². The molecule has 0 amide bonds. The van der Waals surface area contributed by atoms with Crippen molar-refractivity contribution >= 4 is 41.9 Å². The van der Waals surface area contributed by atoms with Gasteiger partial charge < -0.3 is 5.73 Å². The maximum absolute atomic E-state index is 10.7. The van der Waals surface area contributed by atoms with Crippen LogP contribution in [0, 0.1) is 0 Å². The van der Waals surface area contributed by atoms with Gasteiger partial charge in [0.15, 0.2) is 5.01 Å². The van der Waals surface area contributed by atoms with Crippen molar-refractivity contribution in [2.45, 2.75) is 0 Å². The summed E-state index contributed by atoms with van der Waals surface area (Å²) in [5.41, 5.74) is 5.08. The second-order valence-electron chi connectivity index (χ2n) is 1.46. The highest BCUT2D eigenvalue weighted by Gasteiger charge is 2.03. The van der Waals surface area contributed by atoms with Crippen LogP contribution in [-0.4, -0.2) is 17.3 Å². The van der Waals surface area contributed by atoms with Gasteiger partial charge in [-0.2, -0.15) is 0 Å². The van der Waals surface area contributed by atoms with E-state index in [-0.39, 0.29) is 37.1 Å². The molecule has 6 heteroatoms. The minimum Gasteiger partial charge on any atom is -0.324 e. The minimum absolute atomic E-state index is 0. The molecule has 0 saturated heterocycles. The van der Waals surface area contributed by atoms with Crippen LogP contribution in [0.4, 0.5) is 0 Å². The molecule has 64 valence electrons. The molecule has 0 fully saturated rings. The van der Waals surface area contributed by atoms with Gasteiger partial charge in [-0.25, -0.2) is 4.98 Å². The number of carbonyl (C=O) groups is 1. The fourth-order valence-corrected chi connectivity index (χ4v) is 1.04. The third-order valence-electron chi connectivity index (χ3n) is 0.856. The molecule has 0 radical (unpaired) electrons. The molecule has 1 aromatic heterocycles. The molecule has 0 spiro atoms. The molecule has 1 heterocycles. The number of ketones is 1. The maximum Gasteiger partial charge on any atom is 0.204 e. The lowest BCUT2D eigenvalue weighted by atomic mass is 10.4. The van der Waals surface area contributed by atoms with Crippen molar-refractivity contribution in [3.8, 4) is 0 Å². The van der Waals surface area contributed by atoms with Crippen molar-refractivity contribution in [2.75, 3.05) is 6.54 Å². The zero-order chi connectivity index (χ0) is 6.69. The van der Waals surface area contributed by atoms with Crippen molar-refractivity contribution < 1.29 is 4.79 Å². The monoisotopic (exact) mass is 214 g/mol. The van der Waals surface area contributed by atoms with E-state index < -0.39 is 0 Å². The number of rotatable bonds is 2. The zero-order valence-electron chi connectivity index (χ0n) is 5.52. The summed E-state index contributed by atoms with van der Waals surface area (Å²) in [6, 6.07) is 0. The SMILES string of the molecule is Cl.Cl.NCC(=O)c1nccs1. The van der Waals surface area contributed by atoms with Gasteiger partial charge >= 0.3 is 0 Å². The number of hydrogen-bond donors (Lipinski definition) is 1. The smallest absolute Gasteiger partial charge is 0.204 e. The molecule has 11 heavy (non-hydrogen) atoms. The first kappa shape index (κ1) is 13.4. The number of nitrogens with two attached hydrogens (primary N) is 1. The van der Waals surface area contributed by atoms with E-state index in [0.29, 0.717) is 5.01 Å². The van der Waals surface area contributed by atoms with Crippen LogP contribution >= 0.6 is 36.2 Å². The third-order valence-corrected chi connectivity index (χ3v) is 1.67. The van der Waals surface area contributed by atoms with Gasteiger partial charge in [-0.05, 0) is 0 Å². The zero-order valence-corrected chi connectivity index (χ0v) is 7.97. The summed E-state index contributed by atoms with van der Waals surface area (Å²) < 4.78 is 0. The number of nitrogens with zero attached hydrogens (tertiary/aromatic N) is 1. The van der Waals surface area contributed by atoms with Gasteiger partial charge in [0.1, 0.15) is 0 Å². The Morgan fingerprint density at radius 3 is 2.64 bits per heavy atom. The Morgan fingerprint density at radius 2 is 2.27 bits per heavy atom. The molecular weight excluding hydrogens is 207 g/mol. The summed E-state index contributed by atoms with van der Waals surface area (Å²) in [4.78, 5) is 14.5. The largest absolute Gasteiger partial charge is 0.324 e. The van der Waals surface area contributed by atoms with Gasteiger partial charge in [0, 0.05) is 11.6 Å². The molecule has 0 aliphatic rings. The van der Waals surface area contributed by atoms with Crippen LogP contribution in [0.15, 0.2) is 11.6 Å². The summed E-state index contributed by atoms with van der Waals surface area (Å²) in [6.45, 7) is 0.0491. The Labute approximate surface area is 80.8 Å². The van der Waals surface area contributed by atoms with Crippen LogP contribution in [0.1, 0.15) is 9.80 Å². The quantitative estimate of drug-likeness (QED) is 0.752. The summed E-state index contributed by atoms with van der Waals surface area (Å²) in [7, 11) is 0. The molecule has 2 N–H and O–H groups in total. The topological polar surface area (TPSA) is 56.0 Å². The Kier molecular flexibility index (Phi) is 7.99. The van der Waals surface area contributed by atoms with Crippen molar-refractivity contribution in [3.63, 3.8) is 0 Å². The van der Waals surface area contributed by atoms with Crippen LogP contribution in [0.5, 0.6) is 0 Å². The lowest BCUT2D eigenvalue weighted by molar-refractivity contribution is 0.100. The van der Waals surface area contributed by atoms with Crippen LogP contribution in [0.3, 0.4) is 0 Å². The molecule has 0 saturated carbocycles. The number of aromatic nitrogens is 1. The maximum atomic E-state index is 10.7. The van der Waals surface area contributed by atoms with Crippen LogP contribution < -0.4 is 5.73 Å². The molecular formula is C5H8Cl2N2OS. The first-order valence-electron chi connectivity index (χ1n) is 2.47. The first-order valence-corrected chi connectivity index (χ1v) is 3.35. The Hall–Kier alpha value is -0.160. The molecule has 1 rings (SSSR count). The van der Waals surface area contributed by atoms with Crippen molar-refractivity contribution in [1.82, 2.24) is 4.98 Å². The highest BCUT2D eigenvalue weighted by molar-refractivity contribution is 7.11. The van der Waals surface area contributed by atoms with E-state index in [1.807, 2.05) is 0 Å². The summed E-state index contributed by atoms with van der Waals surface area (Å²) in [5, 5.41) is 2.25. The van der Waals surface area contributed by atoms with E-state index in [1.54, 1.807) is 11.6 Å². The Bertz CT molecular complexity index is 202. The number of Topliss-reactive ketones (excluding diaryl/α,β-unsaturated/α-hetero) is 1. The van der Waals surface area contributed by atoms with Crippen molar-refractivity contribution in [3.05, 3.63) is 16.6 Å². The number of thiazole rings is 1. The van der Waals surface area contributed by atoms with E-state index in [9.17, 15) is 4.79 Å². The minimum atomic E-state index is -0.0926. The predicted molar refractivity (Wildman–Crippen MR) is 50.0 cm³/mol. The third kappa shape index (κ3) is 3.67. The Morgan fingerprint density at radius 1 is 1.64 bits per heavy atom. The fourth-order valence-electron chi connectivity index (χ4n) is 0.448. The first-order chi connectivity index (χ1) is 4.34. The molecule has 0 aliphatic heterocycles. The van der Waals surface area contributed by atoms with Crippen molar-refractivity contribution in [2.24, 2.45) is 5.73 Å². The van der Waals surface area contributed by atoms with Crippen LogP contribution in [0.2, 0.25) is 0 Å². The molecule has 0 aromatic carbocycles. The van der Waals surface area contributed by atoms with Gasteiger partial charge in [0.05, 0.1) is 6.54 Å². The number of hydrogen-bond acceptors (Lipinski definition) is 4. The summed E-state index contributed by atoms with van der Waals surface area (Å²) >= 11 is 1.31. The van der Waals surface area contributed by atoms with Crippen molar-refractivity contribution in [1.29, 1.82) is 0 Å².